The van der Waals surface area contributed by atoms with Gasteiger partial charge in [0.25, 0.3) is 5.69 Å². The third-order valence-corrected chi connectivity index (χ3v) is 4.17. The fourth-order valence-electron chi connectivity index (χ4n) is 2.79. The first-order valence-electron chi connectivity index (χ1n) is 8.80. The zero-order valence-electron chi connectivity index (χ0n) is 15.2. The zero-order valence-corrected chi connectivity index (χ0v) is 15.2. The number of nitro groups is 1. The van der Waals surface area contributed by atoms with E-state index >= 15 is 0 Å². The first-order chi connectivity index (χ1) is 14.2. The van der Waals surface area contributed by atoms with Crippen LogP contribution in [0.4, 0.5) is 11.4 Å². The van der Waals surface area contributed by atoms with Crippen molar-refractivity contribution in [2.24, 2.45) is 5.10 Å². The summed E-state index contributed by atoms with van der Waals surface area (Å²) in [5.74, 6) is 0. The molecule has 4 aromatic rings. The van der Waals surface area contributed by atoms with E-state index in [-0.39, 0.29) is 5.69 Å². The summed E-state index contributed by atoms with van der Waals surface area (Å²) in [7, 11) is 0. The molecule has 0 aliphatic heterocycles. The summed E-state index contributed by atoms with van der Waals surface area (Å²) in [6, 6.07) is 19.7. The SMILES string of the molecule is O=[N+]([O-])c1cccc(N/N=C\c2cn(-c3ccccc3)nc2-c2ccncc2)c1. The third kappa shape index (κ3) is 4.16. The van der Waals surface area contributed by atoms with Gasteiger partial charge in [-0.25, -0.2) is 4.68 Å². The van der Waals surface area contributed by atoms with Crippen molar-refractivity contribution in [3.8, 4) is 16.9 Å². The van der Waals surface area contributed by atoms with Crippen molar-refractivity contribution in [2.45, 2.75) is 0 Å². The van der Waals surface area contributed by atoms with E-state index in [1.807, 2.05) is 48.7 Å². The summed E-state index contributed by atoms with van der Waals surface area (Å²) >= 11 is 0. The summed E-state index contributed by atoms with van der Waals surface area (Å²) in [5, 5.41) is 19.8. The molecular formula is C21H16N6O2. The van der Waals surface area contributed by atoms with Gasteiger partial charge in [-0.3, -0.25) is 20.5 Å². The van der Waals surface area contributed by atoms with Crippen molar-refractivity contribution in [2.75, 3.05) is 5.43 Å². The molecule has 8 heteroatoms. The Kier molecular flexibility index (Phi) is 5.06. The number of non-ortho nitro benzene ring substituents is 1. The van der Waals surface area contributed by atoms with Crippen molar-refractivity contribution in [1.82, 2.24) is 14.8 Å². The molecule has 0 unspecified atom stereocenters. The largest absolute Gasteiger partial charge is 0.278 e. The number of hydrogen-bond donors (Lipinski definition) is 1. The van der Waals surface area contributed by atoms with Crippen molar-refractivity contribution in [1.29, 1.82) is 0 Å². The molecule has 142 valence electrons. The molecule has 29 heavy (non-hydrogen) atoms. The summed E-state index contributed by atoms with van der Waals surface area (Å²) in [5.41, 5.74) is 6.73. The molecule has 0 amide bonds. The fraction of sp³-hybridized carbons (Fsp3) is 0. The molecule has 0 fully saturated rings. The lowest BCUT2D eigenvalue weighted by atomic mass is 10.1. The van der Waals surface area contributed by atoms with Gasteiger partial charge in [0.15, 0.2) is 0 Å². The lowest BCUT2D eigenvalue weighted by Gasteiger charge is -2.00. The van der Waals surface area contributed by atoms with Crippen LogP contribution in [0.3, 0.4) is 0 Å². The van der Waals surface area contributed by atoms with Gasteiger partial charge < -0.3 is 0 Å². The first-order valence-corrected chi connectivity index (χ1v) is 8.80. The van der Waals surface area contributed by atoms with E-state index in [1.165, 1.54) is 12.1 Å². The molecule has 0 atom stereocenters. The van der Waals surface area contributed by atoms with Gasteiger partial charge >= 0.3 is 0 Å². The van der Waals surface area contributed by atoms with E-state index in [0.29, 0.717) is 5.69 Å². The smallest absolute Gasteiger partial charge is 0.271 e. The van der Waals surface area contributed by atoms with Crippen LogP contribution < -0.4 is 5.43 Å². The van der Waals surface area contributed by atoms with Gasteiger partial charge in [0, 0.05) is 41.9 Å². The number of pyridine rings is 1. The molecule has 0 spiro atoms. The molecule has 0 bridgehead atoms. The standard InChI is InChI=1S/C21H16N6O2/c28-27(29)20-8-4-5-18(13-20)24-23-14-17-15-26(19-6-2-1-3-7-19)25-21(17)16-9-11-22-12-10-16/h1-15,24H/b23-14-. The Bertz CT molecular complexity index is 1160. The summed E-state index contributed by atoms with van der Waals surface area (Å²) < 4.78 is 1.78. The van der Waals surface area contributed by atoms with Crippen molar-refractivity contribution < 1.29 is 4.92 Å². The highest BCUT2D eigenvalue weighted by atomic mass is 16.6. The second-order valence-corrected chi connectivity index (χ2v) is 6.13. The van der Waals surface area contributed by atoms with Crippen LogP contribution in [0.2, 0.25) is 0 Å². The Balaban J connectivity index is 1.65. The van der Waals surface area contributed by atoms with E-state index in [0.717, 1.165) is 22.5 Å². The Morgan fingerprint density at radius 1 is 1.03 bits per heavy atom. The van der Waals surface area contributed by atoms with Gasteiger partial charge in [-0.05, 0) is 30.3 Å². The summed E-state index contributed by atoms with van der Waals surface area (Å²) in [6.45, 7) is 0. The molecule has 2 aromatic heterocycles. The molecule has 0 saturated heterocycles. The highest BCUT2D eigenvalue weighted by molar-refractivity contribution is 5.89. The predicted octanol–water partition coefficient (Wildman–Crippen LogP) is 4.29. The minimum Gasteiger partial charge on any atom is -0.278 e. The van der Waals surface area contributed by atoms with Crippen LogP contribution >= 0.6 is 0 Å². The zero-order chi connectivity index (χ0) is 20.1. The molecule has 0 saturated carbocycles. The van der Waals surface area contributed by atoms with Crippen LogP contribution in [-0.4, -0.2) is 25.9 Å². The van der Waals surface area contributed by atoms with Crippen LogP contribution in [0.1, 0.15) is 5.56 Å². The van der Waals surface area contributed by atoms with Gasteiger partial charge in [0.2, 0.25) is 0 Å². The van der Waals surface area contributed by atoms with E-state index < -0.39 is 4.92 Å². The number of nitro benzene ring substituents is 1. The second kappa shape index (κ2) is 8.13. The molecule has 2 aromatic carbocycles. The van der Waals surface area contributed by atoms with Crippen LogP contribution in [0, 0.1) is 10.1 Å². The van der Waals surface area contributed by atoms with Crippen LogP contribution in [0.25, 0.3) is 16.9 Å². The molecule has 2 heterocycles. The summed E-state index contributed by atoms with van der Waals surface area (Å²) in [6.07, 6.45) is 6.93. The first kappa shape index (κ1) is 18.1. The number of benzene rings is 2. The fourth-order valence-corrected chi connectivity index (χ4v) is 2.79. The topological polar surface area (TPSA) is 98.2 Å². The maximum Gasteiger partial charge on any atom is 0.271 e. The molecule has 1 N–H and O–H groups in total. The van der Waals surface area contributed by atoms with Gasteiger partial charge in [0.1, 0.15) is 5.69 Å². The highest BCUT2D eigenvalue weighted by Crippen LogP contribution is 2.22. The maximum absolute atomic E-state index is 10.9. The van der Waals surface area contributed by atoms with Crippen LogP contribution in [0.5, 0.6) is 0 Å². The van der Waals surface area contributed by atoms with E-state index in [1.54, 1.807) is 35.4 Å². The number of nitrogens with one attached hydrogen (secondary N) is 1. The number of nitrogens with zero attached hydrogens (tertiary/aromatic N) is 5. The van der Waals surface area contributed by atoms with Crippen molar-refractivity contribution >= 4 is 17.6 Å². The van der Waals surface area contributed by atoms with Gasteiger partial charge in [-0.1, -0.05) is 24.3 Å². The van der Waals surface area contributed by atoms with Gasteiger partial charge in [-0.2, -0.15) is 10.2 Å². The van der Waals surface area contributed by atoms with E-state index in [9.17, 15) is 10.1 Å². The average molecular weight is 384 g/mol. The number of anilines is 1. The van der Waals surface area contributed by atoms with Gasteiger partial charge in [-0.15, -0.1) is 0 Å². The average Bonchev–Trinajstić information content (AvgIpc) is 3.19. The normalized spacial score (nSPS) is 10.9. The number of hydrazone groups is 1. The third-order valence-electron chi connectivity index (χ3n) is 4.17. The summed E-state index contributed by atoms with van der Waals surface area (Å²) in [4.78, 5) is 14.5. The second-order valence-electron chi connectivity index (χ2n) is 6.13. The number of hydrogen-bond acceptors (Lipinski definition) is 6. The number of rotatable bonds is 6. The van der Waals surface area contributed by atoms with Crippen molar-refractivity contribution in [3.05, 3.63) is 101 Å². The van der Waals surface area contributed by atoms with Gasteiger partial charge in [0.05, 0.1) is 22.5 Å². The maximum atomic E-state index is 10.9. The molecule has 4 rings (SSSR count). The molecule has 0 aliphatic carbocycles. The van der Waals surface area contributed by atoms with Crippen molar-refractivity contribution in [3.63, 3.8) is 0 Å². The quantitative estimate of drug-likeness (QED) is 0.304. The molecule has 8 nitrogen and oxygen atoms in total. The van der Waals surface area contributed by atoms with Crippen LogP contribution in [0.15, 0.2) is 90.4 Å². The predicted molar refractivity (Wildman–Crippen MR) is 111 cm³/mol. The Hall–Kier alpha value is -4.33. The molecule has 0 radical (unpaired) electrons. The van der Waals surface area contributed by atoms with E-state index in [4.69, 9.17) is 5.10 Å². The number of para-hydroxylation sites is 1. The van der Waals surface area contributed by atoms with Crippen LogP contribution in [-0.2, 0) is 0 Å². The Morgan fingerprint density at radius 3 is 2.59 bits per heavy atom. The molecule has 0 aliphatic rings. The molecular weight excluding hydrogens is 368 g/mol. The number of aromatic nitrogens is 3. The Labute approximate surface area is 166 Å². The minimum absolute atomic E-state index is 0.000397. The Morgan fingerprint density at radius 2 is 1.83 bits per heavy atom. The lowest BCUT2D eigenvalue weighted by Crippen LogP contribution is -1.93. The van der Waals surface area contributed by atoms with E-state index in [2.05, 4.69) is 15.5 Å². The highest BCUT2D eigenvalue weighted by Gasteiger charge is 2.11. The monoisotopic (exact) mass is 384 g/mol. The minimum atomic E-state index is -0.444. The lowest BCUT2D eigenvalue weighted by molar-refractivity contribution is -0.384.